The second-order valence-corrected chi connectivity index (χ2v) is 4.75. The molecule has 0 heterocycles. The van der Waals surface area contributed by atoms with E-state index >= 15 is 0 Å². The Morgan fingerprint density at radius 1 is 1.05 bits per heavy atom. The Bertz CT molecular complexity index is 534. The van der Waals surface area contributed by atoms with Crippen LogP contribution in [-0.4, -0.2) is 25.4 Å². The Balaban J connectivity index is 2.07. The fourth-order valence-corrected chi connectivity index (χ4v) is 2.08. The first kappa shape index (κ1) is 14.4. The number of aliphatic hydroxyl groups excluding tert-OH is 1. The molecule has 0 spiro atoms. The molecule has 0 aromatic heterocycles. The molecule has 1 unspecified atom stereocenters. The summed E-state index contributed by atoms with van der Waals surface area (Å²) in [6.45, 7) is 2.47. The standard InChI is InChI=1S/C17H20O3/c1-13-7-9-15(10-8-13)20-12-14(11-18)16-5-3-4-6-17(16)19-2/h3-10,14,18H,11-12H2,1-2H3. The van der Waals surface area contributed by atoms with Crippen LogP contribution < -0.4 is 9.47 Å². The third-order valence-electron chi connectivity index (χ3n) is 3.27. The van der Waals surface area contributed by atoms with Gasteiger partial charge in [-0.2, -0.15) is 0 Å². The maximum atomic E-state index is 9.59. The van der Waals surface area contributed by atoms with Gasteiger partial charge in [0.25, 0.3) is 0 Å². The maximum Gasteiger partial charge on any atom is 0.122 e. The zero-order valence-corrected chi connectivity index (χ0v) is 11.9. The zero-order chi connectivity index (χ0) is 14.4. The lowest BCUT2D eigenvalue weighted by Crippen LogP contribution is -2.15. The molecule has 1 N–H and O–H groups in total. The summed E-state index contributed by atoms with van der Waals surface area (Å²) >= 11 is 0. The first-order valence-electron chi connectivity index (χ1n) is 6.68. The van der Waals surface area contributed by atoms with Crippen molar-refractivity contribution in [2.45, 2.75) is 12.8 Å². The van der Waals surface area contributed by atoms with Crippen LogP contribution in [0, 0.1) is 6.92 Å². The van der Waals surface area contributed by atoms with E-state index in [1.165, 1.54) is 5.56 Å². The van der Waals surface area contributed by atoms with Gasteiger partial charge in [0.2, 0.25) is 0 Å². The van der Waals surface area contributed by atoms with E-state index in [-0.39, 0.29) is 12.5 Å². The van der Waals surface area contributed by atoms with Crippen LogP contribution in [0.15, 0.2) is 48.5 Å². The van der Waals surface area contributed by atoms with Crippen molar-refractivity contribution in [3.63, 3.8) is 0 Å². The summed E-state index contributed by atoms with van der Waals surface area (Å²) in [7, 11) is 1.63. The van der Waals surface area contributed by atoms with Gasteiger partial charge < -0.3 is 14.6 Å². The van der Waals surface area contributed by atoms with Crippen molar-refractivity contribution in [1.29, 1.82) is 0 Å². The van der Waals surface area contributed by atoms with E-state index in [4.69, 9.17) is 9.47 Å². The highest BCUT2D eigenvalue weighted by Crippen LogP contribution is 2.27. The first-order valence-corrected chi connectivity index (χ1v) is 6.68. The van der Waals surface area contributed by atoms with E-state index in [1.807, 2.05) is 55.5 Å². The summed E-state index contributed by atoms with van der Waals surface area (Å²) in [5.41, 5.74) is 2.16. The lowest BCUT2D eigenvalue weighted by atomic mass is 10.00. The first-order chi connectivity index (χ1) is 9.74. The Hall–Kier alpha value is -2.00. The summed E-state index contributed by atoms with van der Waals surface area (Å²) in [6, 6.07) is 15.6. The highest BCUT2D eigenvalue weighted by molar-refractivity contribution is 5.36. The van der Waals surface area contributed by atoms with Crippen molar-refractivity contribution in [2.24, 2.45) is 0 Å². The molecule has 0 fully saturated rings. The van der Waals surface area contributed by atoms with Crippen LogP contribution in [0.3, 0.4) is 0 Å². The average Bonchev–Trinajstić information content (AvgIpc) is 2.50. The highest BCUT2D eigenvalue weighted by Gasteiger charge is 2.15. The molecule has 3 nitrogen and oxygen atoms in total. The third-order valence-corrected chi connectivity index (χ3v) is 3.27. The van der Waals surface area contributed by atoms with Crippen LogP contribution in [0.1, 0.15) is 17.0 Å². The van der Waals surface area contributed by atoms with Gasteiger partial charge in [-0.3, -0.25) is 0 Å². The SMILES string of the molecule is COc1ccccc1C(CO)COc1ccc(C)cc1. The second kappa shape index (κ2) is 6.96. The molecule has 20 heavy (non-hydrogen) atoms. The molecule has 0 saturated carbocycles. The maximum absolute atomic E-state index is 9.59. The van der Waals surface area contributed by atoms with Crippen LogP contribution in [0.4, 0.5) is 0 Å². The normalized spacial score (nSPS) is 11.9. The van der Waals surface area contributed by atoms with Gasteiger partial charge in [0.15, 0.2) is 0 Å². The van der Waals surface area contributed by atoms with Gasteiger partial charge in [-0.05, 0) is 25.1 Å². The van der Waals surface area contributed by atoms with E-state index in [2.05, 4.69) is 0 Å². The summed E-state index contributed by atoms with van der Waals surface area (Å²) in [6.07, 6.45) is 0. The molecule has 0 aliphatic rings. The molecule has 1 atom stereocenters. The molecule has 0 amide bonds. The van der Waals surface area contributed by atoms with Gasteiger partial charge in [-0.25, -0.2) is 0 Å². The molecule has 2 aromatic rings. The number of aliphatic hydroxyl groups is 1. The van der Waals surface area contributed by atoms with E-state index in [1.54, 1.807) is 7.11 Å². The molecule has 2 aromatic carbocycles. The van der Waals surface area contributed by atoms with E-state index < -0.39 is 0 Å². The number of benzene rings is 2. The Morgan fingerprint density at radius 2 is 1.75 bits per heavy atom. The van der Waals surface area contributed by atoms with Gasteiger partial charge in [-0.15, -0.1) is 0 Å². The van der Waals surface area contributed by atoms with Crippen LogP contribution in [-0.2, 0) is 0 Å². The minimum absolute atomic E-state index is 0.0201. The molecule has 0 radical (unpaired) electrons. The lowest BCUT2D eigenvalue weighted by molar-refractivity contribution is 0.202. The highest BCUT2D eigenvalue weighted by atomic mass is 16.5. The Morgan fingerprint density at radius 3 is 2.40 bits per heavy atom. The van der Waals surface area contributed by atoms with Crippen molar-refractivity contribution in [1.82, 2.24) is 0 Å². The van der Waals surface area contributed by atoms with E-state index in [9.17, 15) is 5.11 Å². The van der Waals surface area contributed by atoms with Crippen molar-refractivity contribution in [3.05, 3.63) is 59.7 Å². The Labute approximate surface area is 119 Å². The topological polar surface area (TPSA) is 38.7 Å². The molecule has 106 valence electrons. The van der Waals surface area contributed by atoms with Crippen molar-refractivity contribution >= 4 is 0 Å². The van der Waals surface area contributed by atoms with Gasteiger partial charge in [0.1, 0.15) is 11.5 Å². The molecule has 0 aliphatic carbocycles. The van der Waals surface area contributed by atoms with Gasteiger partial charge in [0, 0.05) is 11.5 Å². The summed E-state index contributed by atoms with van der Waals surface area (Å²) < 4.78 is 11.1. The van der Waals surface area contributed by atoms with Gasteiger partial charge >= 0.3 is 0 Å². The van der Waals surface area contributed by atoms with Crippen LogP contribution in [0.25, 0.3) is 0 Å². The summed E-state index contributed by atoms with van der Waals surface area (Å²) in [4.78, 5) is 0. The van der Waals surface area contributed by atoms with Crippen molar-refractivity contribution in [3.8, 4) is 11.5 Å². The van der Waals surface area contributed by atoms with Crippen molar-refractivity contribution < 1.29 is 14.6 Å². The summed E-state index contributed by atoms with van der Waals surface area (Å²) in [5.74, 6) is 1.48. The Kier molecular flexibility index (Phi) is 5.02. The predicted octanol–water partition coefficient (Wildman–Crippen LogP) is 3.16. The lowest BCUT2D eigenvalue weighted by Gasteiger charge is -2.18. The fourth-order valence-electron chi connectivity index (χ4n) is 2.08. The van der Waals surface area contributed by atoms with Gasteiger partial charge in [0.05, 0.1) is 20.3 Å². The number of hydrogen-bond donors (Lipinski definition) is 1. The number of para-hydroxylation sites is 1. The second-order valence-electron chi connectivity index (χ2n) is 4.75. The quantitative estimate of drug-likeness (QED) is 0.878. The molecule has 0 saturated heterocycles. The third kappa shape index (κ3) is 3.52. The molecular formula is C17H20O3. The van der Waals surface area contributed by atoms with Crippen LogP contribution >= 0.6 is 0 Å². The minimum atomic E-state index is -0.104. The number of methoxy groups -OCH3 is 1. The van der Waals surface area contributed by atoms with Gasteiger partial charge in [-0.1, -0.05) is 35.9 Å². The molecule has 0 aliphatic heterocycles. The molecule has 0 bridgehead atoms. The van der Waals surface area contributed by atoms with E-state index in [0.29, 0.717) is 6.61 Å². The van der Waals surface area contributed by atoms with Crippen molar-refractivity contribution in [2.75, 3.05) is 20.3 Å². The van der Waals surface area contributed by atoms with E-state index in [0.717, 1.165) is 17.1 Å². The number of ether oxygens (including phenoxy) is 2. The smallest absolute Gasteiger partial charge is 0.122 e. The molecular weight excluding hydrogens is 252 g/mol. The summed E-state index contributed by atoms with van der Waals surface area (Å²) in [5, 5.41) is 9.59. The predicted molar refractivity (Wildman–Crippen MR) is 79.5 cm³/mol. The fraction of sp³-hybridized carbons (Fsp3) is 0.294. The monoisotopic (exact) mass is 272 g/mol. The number of hydrogen-bond acceptors (Lipinski definition) is 3. The number of rotatable bonds is 6. The zero-order valence-electron chi connectivity index (χ0n) is 11.9. The van der Waals surface area contributed by atoms with Crippen LogP contribution in [0.2, 0.25) is 0 Å². The molecule has 2 rings (SSSR count). The van der Waals surface area contributed by atoms with Crippen LogP contribution in [0.5, 0.6) is 11.5 Å². The number of aryl methyl sites for hydroxylation is 1. The largest absolute Gasteiger partial charge is 0.496 e. The molecule has 3 heteroatoms. The minimum Gasteiger partial charge on any atom is -0.496 e. The average molecular weight is 272 g/mol.